The number of rotatable bonds is 2. The van der Waals surface area contributed by atoms with Crippen LogP contribution in [0.2, 0.25) is 0 Å². The van der Waals surface area contributed by atoms with Crippen LogP contribution in [0, 0.1) is 17.3 Å². The van der Waals surface area contributed by atoms with Gasteiger partial charge >= 0.3 is 5.97 Å². The van der Waals surface area contributed by atoms with Gasteiger partial charge < -0.3 is 19.3 Å². The molecule has 2 aliphatic carbocycles. The Hall–Kier alpha value is -1.61. The fourth-order valence-corrected chi connectivity index (χ4v) is 4.00. The van der Waals surface area contributed by atoms with E-state index >= 15 is 0 Å². The van der Waals surface area contributed by atoms with Gasteiger partial charge in [0.1, 0.15) is 5.60 Å². The minimum Gasteiger partial charge on any atom is -0.463 e. The van der Waals surface area contributed by atoms with E-state index in [2.05, 4.69) is 11.8 Å². The molecule has 27 heavy (non-hydrogen) atoms. The molecule has 5 nitrogen and oxygen atoms in total. The molecule has 1 spiro atoms. The van der Waals surface area contributed by atoms with E-state index in [0.717, 1.165) is 18.4 Å². The number of ether oxygens (including phenoxy) is 3. The lowest BCUT2D eigenvalue weighted by atomic mass is 9.67. The Morgan fingerprint density at radius 1 is 1.26 bits per heavy atom. The lowest BCUT2D eigenvalue weighted by molar-refractivity contribution is -0.179. The van der Waals surface area contributed by atoms with Crippen LogP contribution in [0.15, 0.2) is 23.3 Å². The number of carbonyl (C=O) groups is 1. The van der Waals surface area contributed by atoms with E-state index in [0.29, 0.717) is 25.0 Å². The third-order valence-electron chi connectivity index (χ3n) is 5.87. The lowest BCUT2D eigenvalue weighted by Gasteiger charge is -2.45. The molecule has 0 aromatic rings. The average Bonchev–Trinajstić information content (AvgIpc) is 3.15. The van der Waals surface area contributed by atoms with Crippen LogP contribution < -0.4 is 0 Å². The number of esters is 1. The van der Waals surface area contributed by atoms with E-state index in [1.54, 1.807) is 19.1 Å². The molecule has 3 aliphatic rings. The monoisotopic (exact) mass is 374 g/mol. The quantitative estimate of drug-likeness (QED) is 0.457. The highest BCUT2D eigenvalue weighted by atomic mass is 16.8. The molecule has 1 fully saturated rings. The van der Waals surface area contributed by atoms with Gasteiger partial charge in [0.05, 0.1) is 18.8 Å². The molecule has 0 bridgehead atoms. The Morgan fingerprint density at radius 3 is 2.52 bits per heavy atom. The van der Waals surface area contributed by atoms with E-state index in [4.69, 9.17) is 14.2 Å². The average molecular weight is 374 g/mol. The topological polar surface area (TPSA) is 65.0 Å². The molecule has 0 amide bonds. The van der Waals surface area contributed by atoms with Crippen molar-refractivity contribution in [3.8, 4) is 11.8 Å². The predicted molar refractivity (Wildman–Crippen MR) is 102 cm³/mol. The van der Waals surface area contributed by atoms with Crippen LogP contribution in [0.3, 0.4) is 0 Å². The van der Waals surface area contributed by atoms with Gasteiger partial charge in [0.2, 0.25) is 0 Å². The molecule has 3 rings (SSSR count). The summed E-state index contributed by atoms with van der Waals surface area (Å²) in [7, 11) is 0. The summed E-state index contributed by atoms with van der Waals surface area (Å²) >= 11 is 0. The standard InChI is InChI=1S/C22H30O5/c1-6-25-19(23)18-9-7-8-17(18)10-11-21(24)12-13-22(14-20(21,4)5)26-15(2)16(3)27-22/h12-13,15-16,24H,6-9,14H2,1-5H3. The van der Waals surface area contributed by atoms with Gasteiger partial charge in [0.25, 0.3) is 0 Å². The second-order valence-corrected chi connectivity index (χ2v) is 8.40. The van der Waals surface area contributed by atoms with Crippen LogP contribution >= 0.6 is 0 Å². The van der Waals surface area contributed by atoms with Gasteiger partial charge in [-0.1, -0.05) is 25.7 Å². The zero-order valence-corrected chi connectivity index (χ0v) is 16.9. The summed E-state index contributed by atoms with van der Waals surface area (Å²) in [5, 5.41) is 11.3. The van der Waals surface area contributed by atoms with Crippen molar-refractivity contribution >= 4 is 5.97 Å². The van der Waals surface area contributed by atoms with Gasteiger partial charge in [-0.3, -0.25) is 0 Å². The summed E-state index contributed by atoms with van der Waals surface area (Å²) < 4.78 is 17.2. The van der Waals surface area contributed by atoms with E-state index in [1.807, 2.05) is 27.7 Å². The van der Waals surface area contributed by atoms with Crippen LogP contribution in [-0.2, 0) is 19.0 Å². The Kier molecular flexibility index (Phi) is 5.28. The number of aliphatic hydroxyl groups is 1. The molecular weight excluding hydrogens is 344 g/mol. The van der Waals surface area contributed by atoms with Crippen LogP contribution in [0.5, 0.6) is 0 Å². The zero-order chi connectivity index (χ0) is 19.9. The first-order chi connectivity index (χ1) is 12.6. The second kappa shape index (κ2) is 7.09. The molecule has 1 N–H and O–H groups in total. The largest absolute Gasteiger partial charge is 0.463 e. The first-order valence-corrected chi connectivity index (χ1v) is 9.82. The molecular formula is C22H30O5. The van der Waals surface area contributed by atoms with Crippen molar-refractivity contribution < 1.29 is 24.1 Å². The summed E-state index contributed by atoms with van der Waals surface area (Å²) in [6.45, 7) is 10.0. The second-order valence-electron chi connectivity index (χ2n) is 8.40. The fourth-order valence-electron chi connectivity index (χ4n) is 4.00. The highest BCUT2D eigenvalue weighted by Gasteiger charge is 2.54. The van der Waals surface area contributed by atoms with E-state index in [-0.39, 0.29) is 18.2 Å². The summed E-state index contributed by atoms with van der Waals surface area (Å²) in [4.78, 5) is 12.1. The number of hydrogen-bond acceptors (Lipinski definition) is 5. The number of allylic oxidation sites excluding steroid dienone is 1. The van der Waals surface area contributed by atoms with Crippen molar-refractivity contribution in [3.05, 3.63) is 23.3 Å². The van der Waals surface area contributed by atoms with E-state index in [9.17, 15) is 9.90 Å². The van der Waals surface area contributed by atoms with Crippen LogP contribution in [0.1, 0.15) is 60.3 Å². The molecule has 0 radical (unpaired) electrons. The molecule has 1 heterocycles. The maximum Gasteiger partial charge on any atom is 0.334 e. The molecule has 148 valence electrons. The highest BCUT2D eigenvalue weighted by Crippen LogP contribution is 2.48. The first-order valence-electron chi connectivity index (χ1n) is 9.82. The number of hydrogen-bond donors (Lipinski definition) is 1. The van der Waals surface area contributed by atoms with Crippen LogP contribution in [-0.4, -0.2) is 41.3 Å². The lowest BCUT2D eigenvalue weighted by Crippen LogP contribution is -2.51. The smallest absolute Gasteiger partial charge is 0.334 e. The van der Waals surface area contributed by atoms with E-state index < -0.39 is 16.8 Å². The van der Waals surface area contributed by atoms with Crippen molar-refractivity contribution in [3.63, 3.8) is 0 Å². The highest BCUT2D eigenvalue weighted by molar-refractivity contribution is 5.91. The summed E-state index contributed by atoms with van der Waals surface area (Å²) in [5.41, 5.74) is -0.480. The fraction of sp³-hybridized carbons (Fsp3) is 0.682. The zero-order valence-electron chi connectivity index (χ0n) is 16.9. The molecule has 3 atom stereocenters. The van der Waals surface area contributed by atoms with Crippen molar-refractivity contribution in [1.29, 1.82) is 0 Å². The summed E-state index contributed by atoms with van der Waals surface area (Å²) in [5.74, 6) is 5.01. The van der Waals surface area contributed by atoms with Gasteiger partial charge in [-0.15, -0.1) is 0 Å². The molecule has 0 aromatic carbocycles. The van der Waals surface area contributed by atoms with Crippen molar-refractivity contribution in [2.45, 2.75) is 83.9 Å². The molecule has 5 heteroatoms. The molecule has 1 aliphatic heterocycles. The molecule has 0 aromatic heterocycles. The van der Waals surface area contributed by atoms with Gasteiger partial charge in [-0.25, -0.2) is 4.79 Å². The minimum absolute atomic E-state index is 0.00138. The molecule has 0 saturated carbocycles. The van der Waals surface area contributed by atoms with Gasteiger partial charge in [0, 0.05) is 23.0 Å². The van der Waals surface area contributed by atoms with E-state index in [1.165, 1.54) is 0 Å². The van der Waals surface area contributed by atoms with Gasteiger partial charge in [-0.2, -0.15) is 0 Å². The maximum atomic E-state index is 12.1. The Balaban J connectivity index is 1.88. The van der Waals surface area contributed by atoms with Crippen LogP contribution in [0.25, 0.3) is 0 Å². The predicted octanol–water partition coefficient (Wildman–Crippen LogP) is 3.27. The van der Waals surface area contributed by atoms with Gasteiger partial charge in [-0.05, 0) is 52.2 Å². The summed E-state index contributed by atoms with van der Waals surface area (Å²) in [6, 6.07) is 0. The maximum absolute atomic E-state index is 12.1. The molecule has 1 saturated heterocycles. The third-order valence-corrected chi connectivity index (χ3v) is 5.87. The number of carbonyl (C=O) groups excluding carboxylic acids is 1. The SMILES string of the molecule is CCOC(=O)C1=C(C#CC2(O)C=CC3(CC2(C)C)OC(C)C(C)O3)CCC1. The Labute approximate surface area is 161 Å². The summed E-state index contributed by atoms with van der Waals surface area (Å²) in [6.07, 6.45) is 6.29. The van der Waals surface area contributed by atoms with Crippen molar-refractivity contribution in [2.24, 2.45) is 5.41 Å². The minimum atomic E-state index is -1.32. The van der Waals surface area contributed by atoms with Crippen molar-refractivity contribution in [2.75, 3.05) is 6.61 Å². The molecule has 3 unspecified atom stereocenters. The Morgan fingerprint density at radius 2 is 1.93 bits per heavy atom. The first kappa shape index (κ1) is 20.1. The normalized spacial score (nSPS) is 37.4. The van der Waals surface area contributed by atoms with Crippen LogP contribution in [0.4, 0.5) is 0 Å². The van der Waals surface area contributed by atoms with Gasteiger partial charge in [0.15, 0.2) is 5.79 Å². The Bertz CT molecular complexity index is 726. The third kappa shape index (κ3) is 3.71. The van der Waals surface area contributed by atoms with Crippen molar-refractivity contribution in [1.82, 2.24) is 0 Å².